The van der Waals surface area contributed by atoms with Gasteiger partial charge in [0.15, 0.2) is 11.5 Å². The van der Waals surface area contributed by atoms with Crippen LogP contribution >= 0.6 is 34.8 Å². The Labute approximate surface area is 215 Å². The SMILES string of the molecule is COc1cc(/C=N\NC(=O)CNC(=O)c2ccccc2Cl)ccc1OC(=O)c1ccc(Cl)c(Cl)c1. The van der Waals surface area contributed by atoms with Crippen molar-refractivity contribution in [1.29, 1.82) is 0 Å². The third-order valence-electron chi connectivity index (χ3n) is 4.48. The Balaban J connectivity index is 1.56. The largest absolute Gasteiger partial charge is 0.493 e. The molecule has 3 rings (SSSR count). The summed E-state index contributed by atoms with van der Waals surface area (Å²) in [7, 11) is 1.41. The van der Waals surface area contributed by atoms with Gasteiger partial charge in [-0.1, -0.05) is 46.9 Å². The fourth-order valence-corrected chi connectivity index (χ4v) is 3.27. The molecule has 0 spiro atoms. The monoisotopic (exact) mass is 533 g/mol. The second-order valence-corrected chi connectivity index (χ2v) is 8.11. The highest BCUT2D eigenvalue weighted by atomic mass is 35.5. The van der Waals surface area contributed by atoms with Gasteiger partial charge in [0, 0.05) is 0 Å². The van der Waals surface area contributed by atoms with Crippen LogP contribution in [0.25, 0.3) is 0 Å². The highest BCUT2D eigenvalue weighted by Gasteiger charge is 2.14. The molecule has 0 saturated heterocycles. The second-order valence-electron chi connectivity index (χ2n) is 6.88. The molecule has 0 aromatic heterocycles. The average Bonchev–Trinajstić information content (AvgIpc) is 2.85. The number of amides is 2. The number of nitrogens with one attached hydrogen (secondary N) is 2. The lowest BCUT2D eigenvalue weighted by Crippen LogP contribution is -2.35. The minimum Gasteiger partial charge on any atom is -0.493 e. The molecule has 11 heteroatoms. The molecule has 8 nitrogen and oxygen atoms in total. The maximum atomic E-state index is 12.4. The van der Waals surface area contributed by atoms with E-state index < -0.39 is 17.8 Å². The van der Waals surface area contributed by atoms with E-state index in [2.05, 4.69) is 15.8 Å². The molecule has 2 N–H and O–H groups in total. The summed E-state index contributed by atoms with van der Waals surface area (Å²) in [5, 5.41) is 7.13. The van der Waals surface area contributed by atoms with Crippen LogP contribution in [0, 0.1) is 0 Å². The summed E-state index contributed by atoms with van der Waals surface area (Å²) in [5.41, 5.74) is 3.33. The standard InChI is InChI=1S/C24H18Cl3N3O5/c1-34-21-10-14(6-9-20(21)35-24(33)15-7-8-18(26)19(27)11-15)12-29-30-22(31)13-28-23(32)16-4-2-3-5-17(16)25/h2-12H,13H2,1H3,(H,28,32)(H,30,31)/b29-12-. The van der Waals surface area contributed by atoms with Crippen molar-refractivity contribution in [3.05, 3.63) is 92.4 Å². The van der Waals surface area contributed by atoms with Crippen LogP contribution in [0.15, 0.2) is 65.8 Å². The van der Waals surface area contributed by atoms with Crippen LogP contribution in [-0.2, 0) is 4.79 Å². The van der Waals surface area contributed by atoms with Crippen LogP contribution in [-0.4, -0.2) is 37.7 Å². The molecule has 2 amide bonds. The molecule has 3 aromatic rings. The van der Waals surface area contributed by atoms with Gasteiger partial charge >= 0.3 is 5.97 Å². The number of esters is 1. The zero-order valence-corrected chi connectivity index (χ0v) is 20.4. The van der Waals surface area contributed by atoms with E-state index in [1.807, 2.05) is 0 Å². The number of nitrogens with zero attached hydrogens (tertiary/aromatic N) is 1. The Kier molecular flexibility index (Phi) is 9.08. The molecule has 3 aromatic carbocycles. The summed E-state index contributed by atoms with van der Waals surface area (Å²) < 4.78 is 10.7. The number of hydrogen-bond donors (Lipinski definition) is 2. The second kappa shape index (κ2) is 12.2. The van der Waals surface area contributed by atoms with E-state index in [1.54, 1.807) is 36.4 Å². The average molecular weight is 535 g/mol. The Morgan fingerprint density at radius 3 is 2.40 bits per heavy atom. The predicted octanol–water partition coefficient (Wildman–Crippen LogP) is 4.75. The van der Waals surface area contributed by atoms with Gasteiger partial charge < -0.3 is 14.8 Å². The summed E-state index contributed by atoms with van der Waals surface area (Å²) in [6.45, 7) is -0.297. The van der Waals surface area contributed by atoms with Crippen molar-refractivity contribution in [2.45, 2.75) is 0 Å². The van der Waals surface area contributed by atoms with Crippen molar-refractivity contribution in [2.75, 3.05) is 13.7 Å². The molecule has 0 aliphatic rings. The van der Waals surface area contributed by atoms with Crippen molar-refractivity contribution in [1.82, 2.24) is 10.7 Å². The number of rotatable bonds is 8. The first-order valence-electron chi connectivity index (χ1n) is 9.98. The van der Waals surface area contributed by atoms with Crippen LogP contribution in [0.3, 0.4) is 0 Å². The molecular weight excluding hydrogens is 517 g/mol. The molecule has 0 heterocycles. The summed E-state index contributed by atoms with van der Waals surface area (Å²) >= 11 is 17.8. The van der Waals surface area contributed by atoms with Gasteiger partial charge in [0.2, 0.25) is 0 Å². The smallest absolute Gasteiger partial charge is 0.343 e. The number of halogens is 3. The fraction of sp³-hybridized carbons (Fsp3) is 0.0833. The summed E-state index contributed by atoms with van der Waals surface area (Å²) in [4.78, 5) is 36.5. The topological polar surface area (TPSA) is 106 Å². The molecular formula is C24H18Cl3N3O5. The lowest BCUT2D eigenvalue weighted by atomic mass is 10.2. The number of carbonyl (C=O) groups is 3. The molecule has 0 bridgehead atoms. The Hall–Kier alpha value is -3.59. The lowest BCUT2D eigenvalue weighted by molar-refractivity contribution is -0.120. The van der Waals surface area contributed by atoms with E-state index in [4.69, 9.17) is 44.3 Å². The fourth-order valence-electron chi connectivity index (χ4n) is 2.75. The third-order valence-corrected chi connectivity index (χ3v) is 5.55. The van der Waals surface area contributed by atoms with E-state index in [0.29, 0.717) is 10.6 Å². The van der Waals surface area contributed by atoms with Crippen LogP contribution in [0.2, 0.25) is 15.1 Å². The normalized spacial score (nSPS) is 10.6. The Bertz CT molecular complexity index is 1300. The van der Waals surface area contributed by atoms with Crippen LogP contribution in [0.1, 0.15) is 26.3 Å². The van der Waals surface area contributed by atoms with Gasteiger partial charge in [-0.3, -0.25) is 9.59 Å². The van der Waals surface area contributed by atoms with Crippen molar-refractivity contribution in [2.24, 2.45) is 5.10 Å². The minimum absolute atomic E-state index is 0.173. The van der Waals surface area contributed by atoms with Crippen molar-refractivity contribution in [3.63, 3.8) is 0 Å². The maximum Gasteiger partial charge on any atom is 0.343 e. The number of hydrogen-bond acceptors (Lipinski definition) is 6. The molecule has 0 atom stereocenters. The zero-order valence-electron chi connectivity index (χ0n) is 18.2. The molecule has 180 valence electrons. The number of hydrazone groups is 1. The molecule has 0 radical (unpaired) electrons. The minimum atomic E-state index is -0.644. The summed E-state index contributed by atoms with van der Waals surface area (Å²) in [6.07, 6.45) is 1.36. The van der Waals surface area contributed by atoms with Crippen molar-refractivity contribution < 1.29 is 23.9 Å². The third kappa shape index (κ3) is 7.19. The number of carbonyl (C=O) groups excluding carboxylic acids is 3. The van der Waals surface area contributed by atoms with E-state index in [-0.39, 0.29) is 39.2 Å². The summed E-state index contributed by atoms with van der Waals surface area (Å²) in [6, 6.07) is 15.6. The first-order valence-corrected chi connectivity index (χ1v) is 11.1. The lowest BCUT2D eigenvalue weighted by Gasteiger charge is -2.10. The number of ether oxygens (including phenoxy) is 2. The van der Waals surface area contributed by atoms with Gasteiger partial charge in [0.25, 0.3) is 11.8 Å². The molecule has 0 fully saturated rings. The van der Waals surface area contributed by atoms with Crippen LogP contribution < -0.4 is 20.2 Å². The molecule has 0 saturated carbocycles. The first-order chi connectivity index (χ1) is 16.8. The highest BCUT2D eigenvalue weighted by molar-refractivity contribution is 6.42. The molecule has 0 aliphatic heterocycles. The van der Waals surface area contributed by atoms with Gasteiger partial charge in [-0.2, -0.15) is 5.10 Å². The highest BCUT2D eigenvalue weighted by Crippen LogP contribution is 2.29. The predicted molar refractivity (Wildman–Crippen MR) is 134 cm³/mol. The van der Waals surface area contributed by atoms with E-state index >= 15 is 0 Å². The van der Waals surface area contributed by atoms with E-state index in [0.717, 1.165) is 0 Å². The molecule has 0 aliphatic carbocycles. The molecule has 0 unspecified atom stereocenters. The Morgan fingerprint density at radius 1 is 0.914 bits per heavy atom. The summed E-state index contributed by atoms with van der Waals surface area (Å²) in [5.74, 6) is -1.23. The van der Waals surface area contributed by atoms with Crippen molar-refractivity contribution in [3.8, 4) is 11.5 Å². The maximum absolute atomic E-state index is 12.4. The van der Waals surface area contributed by atoms with Crippen LogP contribution in [0.4, 0.5) is 0 Å². The van der Waals surface area contributed by atoms with Gasteiger partial charge in [0.1, 0.15) is 0 Å². The van der Waals surface area contributed by atoms with Gasteiger partial charge in [0.05, 0.1) is 46.1 Å². The number of benzene rings is 3. The van der Waals surface area contributed by atoms with Crippen LogP contribution in [0.5, 0.6) is 11.5 Å². The van der Waals surface area contributed by atoms with Gasteiger partial charge in [-0.15, -0.1) is 0 Å². The quantitative estimate of drug-likeness (QED) is 0.188. The molecule has 35 heavy (non-hydrogen) atoms. The Morgan fingerprint density at radius 2 is 1.69 bits per heavy atom. The van der Waals surface area contributed by atoms with E-state index in [1.165, 1.54) is 37.6 Å². The zero-order chi connectivity index (χ0) is 25.4. The van der Waals surface area contributed by atoms with E-state index in [9.17, 15) is 14.4 Å². The number of methoxy groups -OCH3 is 1. The van der Waals surface area contributed by atoms with Crippen molar-refractivity contribution >= 4 is 58.8 Å². The first kappa shape index (κ1) is 26.0. The van der Waals surface area contributed by atoms with Gasteiger partial charge in [-0.25, -0.2) is 10.2 Å². The van der Waals surface area contributed by atoms with Gasteiger partial charge in [-0.05, 0) is 54.1 Å².